The molecule has 0 spiro atoms. The smallest absolute Gasteiger partial charge is 0.472 e. The molecule has 0 saturated carbocycles. The van der Waals surface area contributed by atoms with Crippen LogP contribution >= 0.6 is 11.6 Å². The lowest BCUT2D eigenvalue weighted by molar-refractivity contribution is -0.274. The first kappa shape index (κ1) is 25.9. The molecule has 7 nitrogen and oxygen atoms in total. The Labute approximate surface area is 210 Å². The fourth-order valence-corrected chi connectivity index (χ4v) is 3.94. The summed E-state index contributed by atoms with van der Waals surface area (Å²) >= 11 is 5.87. The number of hydrogen-bond donors (Lipinski definition) is 3. The third-order valence-electron chi connectivity index (χ3n) is 5.42. The predicted octanol–water partition coefficient (Wildman–Crippen LogP) is 6.37. The van der Waals surface area contributed by atoms with E-state index in [2.05, 4.69) is 31.6 Å². The van der Waals surface area contributed by atoms with Gasteiger partial charge in [-0.05, 0) is 60.8 Å². The lowest BCUT2D eigenvalue weighted by atomic mass is 10.1. The van der Waals surface area contributed by atoms with E-state index < -0.39 is 12.1 Å². The van der Waals surface area contributed by atoms with Crippen LogP contribution in [0.3, 0.4) is 0 Å². The molecule has 0 amide bonds. The van der Waals surface area contributed by atoms with Crippen LogP contribution in [0.2, 0.25) is 5.02 Å². The number of hydrogen-bond acceptors (Lipinski definition) is 6. The monoisotopic (exact) mass is 522 g/mol. The van der Waals surface area contributed by atoms with Crippen LogP contribution in [0.5, 0.6) is 5.75 Å². The molecular formula is C25H26ClF3N4O3. The van der Waals surface area contributed by atoms with Crippen LogP contribution in [-0.2, 0) is 11.3 Å². The Bertz CT molecular complexity index is 1250. The van der Waals surface area contributed by atoms with Gasteiger partial charge in [-0.2, -0.15) is 5.10 Å². The number of fused-ring (bicyclic) bond motifs is 1. The summed E-state index contributed by atoms with van der Waals surface area (Å²) in [7, 11) is 0. The summed E-state index contributed by atoms with van der Waals surface area (Å²) in [6, 6.07) is 10.3. The van der Waals surface area contributed by atoms with Gasteiger partial charge in [0.1, 0.15) is 5.75 Å². The van der Waals surface area contributed by atoms with Crippen molar-refractivity contribution >= 4 is 28.2 Å². The molecule has 0 unspecified atom stereocenters. The summed E-state index contributed by atoms with van der Waals surface area (Å²) in [6.45, 7) is 3.10. The summed E-state index contributed by atoms with van der Waals surface area (Å²) in [4.78, 5) is 0. The van der Waals surface area contributed by atoms with Crippen molar-refractivity contribution in [2.45, 2.75) is 25.7 Å². The van der Waals surface area contributed by atoms with E-state index in [-0.39, 0.29) is 5.02 Å². The molecule has 2 aromatic carbocycles. The zero-order chi connectivity index (χ0) is 25.4. The van der Waals surface area contributed by atoms with Crippen molar-refractivity contribution in [3.05, 3.63) is 65.7 Å². The van der Waals surface area contributed by atoms with E-state index in [4.69, 9.17) is 20.8 Å². The van der Waals surface area contributed by atoms with Gasteiger partial charge in [0.05, 0.1) is 35.9 Å². The minimum Gasteiger partial charge on any atom is -0.472 e. The lowest BCUT2D eigenvalue weighted by Crippen LogP contribution is -2.18. The summed E-state index contributed by atoms with van der Waals surface area (Å²) in [5.41, 5.74) is 4.72. The second-order valence-corrected chi connectivity index (χ2v) is 8.51. The maximum absolute atomic E-state index is 12.3. The molecule has 192 valence electrons. The molecule has 0 saturated heterocycles. The molecule has 2 heterocycles. The van der Waals surface area contributed by atoms with Crippen LogP contribution in [0.15, 0.2) is 59.5 Å². The van der Waals surface area contributed by atoms with Gasteiger partial charge in [-0.1, -0.05) is 17.7 Å². The van der Waals surface area contributed by atoms with Crippen molar-refractivity contribution in [3.63, 3.8) is 0 Å². The zero-order valence-electron chi connectivity index (χ0n) is 19.3. The molecule has 0 aliphatic carbocycles. The van der Waals surface area contributed by atoms with Crippen LogP contribution in [0, 0.1) is 0 Å². The van der Waals surface area contributed by atoms with Crippen LogP contribution < -0.4 is 15.4 Å². The molecule has 0 aliphatic rings. The molecule has 11 heteroatoms. The maximum atomic E-state index is 12.3. The minimum atomic E-state index is -4.76. The number of aromatic amines is 1. The highest BCUT2D eigenvalue weighted by atomic mass is 35.5. The van der Waals surface area contributed by atoms with Crippen LogP contribution in [0.4, 0.5) is 18.9 Å². The zero-order valence-corrected chi connectivity index (χ0v) is 20.1. The van der Waals surface area contributed by atoms with E-state index in [1.165, 1.54) is 12.1 Å². The molecule has 2 aromatic heterocycles. The number of aromatic nitrogens is 2. The molecule has 4 rings (SSSR count). The maximum Gasteiger partial charge on any atom is 0.573 e. The van der Waals surface area contributed by atoms with Crippen molar-refractivity contribution in [1.82, 2.24) is 15.5 Å². The highest BCUT2D eigenvalue weighted by molar-refractivity contribution is 6.32. The van der Waals surface area contributed by atoms with Gasteiger partial charge < -0.3 is 24.5 Å². The number of nitrogens with one attached hydrogen (secondary N) is 3. The van der Waals surface area contributed by atoms with Gasteiger partial charge in [0.2, 0.25) is 0 Å². The number of H-pyrrole nitrogens is 1. The average Bonchev–Trinajstić information content (AvgIpc) is 3.53. The summed E-state index contributed by atoms with van der Waals surface area (Å²) in [5.74, 6) is -0.403. The van der Waals surface area contributed by atoms with E-state index in [0.29, 0.717) is 26.3 Å². The fraction of sp³-hybridized carbons (Fsp3) is 0.320. The van der Waals surface area contributed by atoms with Gasteiger partial charge in [-0.3, -0.25) is 5.10 Å². The van der Waals surface area contributed by atoms with Gasteiger partial charge in [-0.15, -0.1) is 13.2 Å². The number of halogens is 4. The number of nitrogens with zero attached hydrogens (tertiary/aromatic N) is 1. The third-order valence-corrected chi connectivity index (χ3v) is 5.71. The summed E-state index contributed by atoms with van der Waals surface area (Å²) in [6.07, 6.45) is 2.17. The van der Waals surface area contributed by atoms with E-state index >= 15 is 0 Å². The molecule has 36 heavy (non-hydrogen) atoms. The Kier molecular flexibility index (Phi) is 8.74. The first-order valence-electron chi connectivity index (χ1n) is 11.5. The number of rotatable bonds is 13. The Balaban J connectivity index is 1.10. The molecule has 0 fully saturated rings. The second-order valence-electron chi connectivity index (χ2n) is 8.10. The molecule has 4 aromatic rings. The number of alkyl halides is 3. The van der Waals surface area contributed by atoms with Crippen molar-refractivity contribution in [1.29, 1.82) is 0 Å². The summed E-state index contributed by atoms with van der Waals surface area (Å²) < 4.78 is 51.7. The highest BCUT2D eigenvalue weighted by Crippen LogP contribution is 2.31. The van der Waals surface area contributed by atoms with Crippen molar-refractivity contribution < 1.29 is 27.1 Å². The SMILES string of the molecule is FC(F)(F)Oc1ccc(CNCCCCOCCNc2cc(-c3ccoc3)cc3[nH]ncc23)cc1Cl. The predicted molar refractivity (Wildman–Crippen MR) is 132 cm³/mol. The fourth-order valence-electron chi connectivity index (χ4n) is 3.70. The largest absolute Gasteiger partial charge is 0.573 e. The van der Waals surface area contributed by atoms with Crippen molar-refractivity contribution in [2.75, 3.05) is 31.6 Å². The Morgan fingerprint density at radius 1 is 1.03 bits per heavy atom. The van der Waals surface area contributed by atoms with E-state index in [1.54, 1.807) is 24.8 Å². The van der Waals surface area contributed by atoms with Gasteiger partial charge in [0.15, 0.2) is 0 Å². The van der Waals surface area contributed by atoms with E-state index in [1.807, 2.05) is 12.1 Å². The van der Waals surface area contributed by atoms with Gasteiger partial charge in [-0.25, -0.2) is 0 Å². The molecular weight excluding hydrogens is 497 g/mol. The quantitative estimate of drug-likeness (QED) is 0.177. The molecule has 0 radical (unpaired) electrons. The number of unbranched alkanes of at least 4 members (excludes halogenated alkanes) is 1. The Morgan fingerprint density at radius 2 is 1.92 bits per heavy atom. The highest BCUT2D eigenvalue weighted by Gasteiger charge is 2.32. The standard InChI is InChI=1S/C25H26ClF3N4O3/c26-21-11-17(3-4-24(21)36-25(27,28)29)14-30-6-1-2-8-34-10-7-31-22-12-19(18-5-9-35-16-18)13-23-20(22)15-32-33-23/h3-5,9,11-13,15-16,30-31H,1-2,6-8,10,14H2,(H,32,33). The van der Waals surface area contributed by atoms with E-state index in [9.17, 15) is 13.2 Å². The first-order valence-corrected chi connectivity index (χ1v) is 11.8. The lowest BCUT2D eigenvalue weighted by Gasteiger charge is -2.12. The van der Waals surface area contributed by atoms with Crippen molar-refractivity contribution in [2.24, 2.45) is 0 Å². The third kappa shape index (κ3) is 7.39. The van der Waals surface area contributed by atoms with Crippen LogP contribution in [-0.4, -0.2) is 42.9 Å². The number of ether oxygens (including phenoxy) is 2. The molecule has 0 bridgehead atoms. The first-order chi connectivity index (χ1) is 17.4. The van der Waals surface area contributed by atoms with Gasteiger partial charge in [0, 0.05) is 36.3 Å². The number of anilines is 1. The van der Waals surface area contributed by atoms with Crippen molar-refractivity contribution in [3.8, 4) is 16.9 Å². The topological polar surface area (TPSA) is 84.3 Å². The normalized spacial score (nSPS) is 11.8. The van der Waals surface area contributed by atoms with Crippen LogP contribution in [0.25, 0.3) is 22.0 Å². The Morgan fingerprint density at radius 3 is 2.69 bits per heavy atom. The number of furan rings is 1. The molecule has 0 atom stereocenters. The van der Waals surface area contributed by atoms with Crippen LogP contribution in [0.1, 0.15) is 18.4 Å². The number of benzene rings is 2. The Hall–Kier alpha value is -3.21. The molecule has 3 N–H and O–H groups in total. The average molecular weight is 523 g/mol. The van der Waals surface area contributed by atoms with Gasteiger partial charge >= 0.3 is 6.36 Å². The second kappa shape index (κ2) is 12.2. The summed E-state index contributed by atoms with van der Waals surface area (Å²) in [5, 5.41) is 14.7. The minimum absolute atomic E-state index is 0.0738. The molecule has 0 aliphatic heterocycles. The van der Waals surface area contributed by atoms with E-state index in [0.717, 1.165) is 52.7 Å². The van der Waals surface area contributed by atoms with Gasteiger partial charge in [0.25, 0.3) is 0 Å².